The maximum Gasteiger partial charge on any atom is 0.361 e. The van der Waals surface area contributed by atoms with Gasteiger partial charge in [-0.1, -0.05) is 18.1 Å². The second kappa shape index (κ2) is 13.2. The van der Waals surface area contributed by atoms with Crippen molar-refractivity contribution >= 4 is 11.9 Å². The number of aliphatic hydroxyl groups excluding tert-OH is 1. The summed E-state index contributed by atoms with van der Waals surface area (Å²) in [6.45, 7) is 1.12. The van der Waals surface area contributed by atoms with E-state index in [-0.39, 0.29) is 44.4 Å². The summed E-state index contributed by atoms with van der Waals surface area (Å²) < 4.78 is 21.1. The number of methoxy groups -OCH3 is 2. The number of nitrogens with zero attached hydrogens (tertiary/aromatic N) is 3. The Kier molecular flexibility index (Phi) is 11.2. The minimum Gasteiger partial charge on any atom is -0.458 e. The molecule has 0 radical (unpaired) electrons. The van der Waals surface area contributed by atoms with Gasteiger partial charge in [0.05, 0.1) is 13.2 Å². The third-order valence-electron chi connectivity index (χ3n) is 3.44. The molecule has 0 aliphatic rings. The molecule has 148 valence electrons. The largest absolute Gasteiger partial charge is 0.458 e. The number of rotatable bonds is 14. The van der Waals surface area contributed by atoms with Gasteiger partial charge in [-0.25, -0.2) is 14.3 Å². The van der Waals surface area contributed by atoms with Crippen LogP contribution in [-0.4, -0.2) is 79.3 Å². The highest BCUT2D eigenvalue weighted by Crippen LogP contribution is 2.12. The molecule has 0 aliphatic carbocycles. The van der Waals surface area contributed by atoms with E-state index in [1.807, 2.05) is 0 Å². The van der Waals surface area contributed by atoms with E-state index in [1.165, 1.54) is 18.9 Å². The van der Waals surface area contributed by atoms with Gasteiger partial charge in [-0.3, -0.25) is 0 Å². The maximum atomic E-state index is 12.3. The summed E-state index contributed by atoms with van der Waals surface area (Å²) in [7, 11) is 2.98. The Labute approximate surface area is 152 Å². The van der Waals surface area contributed by atoms with E-state index in [0.29, 0.717) is 6.54 Å². The highest BCUT2D eigenvalue weighted by molar-refractivity contribution is 6.00. The smallest absolute Gasteiger partial charge is 0.361 e. The van der Waals surface area contributed by atoms with Gasteiger partial charge in [-0.2, -0.15) is 0 Å². The number of hydrogen-bond donors (Lipinski definition) is 1. The van der Waals surface area contributed by atoms with Crippen LogP contribution in [0.15, 0.2) is 0 Å². The van der Waals surface area contributed by atoms with E-state index in [9.17, 15) is 9.59 Å². The fourth-order valence-electron chi connectivity index (χ4n) is 2.11. The lowest BCUT2D eigenvalue weighted by atomic mass is 10.2. The second-order valence-electron chi connectivity index (χ2n) is 5.41. The van der Waals surface area contributed by atoms with Crippen molar-refractivity contribution < 1.29 is 33.6 Å². The summed E-state index contributed by atoms with van der Waals surface area (Å²) in [5.74, 6) is -1.46. The van der Waals surface area contributed by atoms with Crippen LogP contribution in [0.25, 0.3) is 0 Å². The van der Waals surface area contributed by atoms with Gasteiger partial charge in [-0.05, 0) is 12.8 Å². The Bertz CT molecular complexity index is 548. The maximum absolute atomic E-state index is 12.3. The van der Waals surface area contributed by atoms with Crippen LogP contribution in [0.2, 0.25) is 0 Å². The van der Waals surface area contributed by atoms with Gasteiger partial charge < -0.3 is 24.1 Å². The van der Waals surface area contributed by atoms with E-state index in [4.69, 9.17) is 24.1 Å². The van der Waals surface area contributed by atoms with E-state index >= 15 is 0 Å². The number of carbonyl (C=O) groups excluding carboxylic acids is 2. The fourth-order valence-corrected chi connectivity index (χ4v) is 2.11. The molecule has 0 amide bonds. The lowest BCUT2D eigenvalue weighted by Crippen LogP contribution is -2.20. The molecule has 1 aromatic heterocycles. The van der Waals surface area contributed by atoms with Gasteiger partial charge >= 0.3 is 11.9 Å². The lowest BCUT2D eigenvalue weighted by molar-refractivity contribution is 0.0333. The number of aliphatic hydroxyl groups is 1. The van der Waals surface area contributed by atoms with Crippen LogP contribution in [0.1, 0.15) is 46.7 Å². The van der Waals surface area contributed by atoms with Crippen molar-refractivity contribution in [2.24, 2.45) is 0 Å². The topological polar surface area (TPSA) is 122 Å². The first-order valence-electron chi connectivity index (χ1n) is 8.52. The summed E-state index contributed by atoms with van der Waals surface area (Å²) in [4.78, 5) is 24.5. The molecule has 26 heavy (non-hydrogen) atoms. The van der Waals surface area contributed by atoms with E-state index in [0.717, 1.165) is 25.7 Å². The normalized spacial score (nSPS) is 10.7. The zero-order valence-electron chi connectivity index (χ0n) is 15.3. The molecular formula is C16H27N3O7. The van der Waals surface area contributed by atoms with Gasteiger partial charge in [0.2, 0.25) is 5.69 Å². The van der Waals surface area contributed by atoms with E-state index in [2.05, 4.69) is 10.3 Å². The third kappa shape index (κ3) is 7.46. The minimum absolute atomic E-state index is 0.0364. The van der Waals surface area contributed by atoms with Crippen LogP contribution < -0.4 is 0 Å². The van der Waals surface area contributed by atoms with E-state index < -0.39 is 11.9 Å². The van der Waals surface area contributed by atoms with Crippen molar-refractivity contribution in [1.29, 1.82) is 0 Å². The van der Waals surface area contributed by atoms with Crippen molar-refractivity contribution in [2.75, 3.05) is 47.3 Å². The number of hydrogen-bond acceptors (Lipinski definition) is 9. The SMILES string of the molecule is COCCOC(=O)c1nnn(CCCCCCO)c1C(=O)OCCOC. The Balaban J connectivity index is 2.80. The molecule has 0 atom stereocenters. The predicted molar refractivity (Wildman–Crippen MR) is 89.9 cm³/mol. The predicted octanol–water partition coefficient (Wildman–Crippen LogP) is 0.437. The van der Waals surface area contributed by atoms with Crippen LogP contribution in [0.5, 0.6) is 0 Å². The summed E-state index contributed by atoms with van der Waals surface area (Å²) in [6, 6.07) is 0. The Morgan fingerprint density at radius 2 is 1.54 bits per heavy atom. The highest BCUT2D eigenvalue weighted by atomic mass is 16.6. The molecule has 10 heteroatoms. The zero-order valence-corrected chi connectivity index (χ0v) is 15.3. The van der Waals surface area contributed by atoms with E-state index in [1.54, 1.807) is 0 Å². The third-order valence-corrected chi connectivity index (χ3v) is 3.44. The number of carbonyl (C=O) groups is 2. The van der Waals surface area contributed by atoms with Gasteiger partial charge in [0.15, 0.2) is 5.69 Å². The molecule has 10 nitrogen and oxygen atoms in total. The summed E-state index contributed by atoms with van der Waals surface area (Å²) in [6.07, 6.45) is 3.16. The zero-order chi connectivity index (χ0) is 19.2. The molecule has 0 unspecified atom stereocenters. The van der Waals surface area contributed by atoms with Gasteiger partial charge in [0.25, 0.3) is 0 Å². The van der Waals surface area contributed by atoms with Crippen LogP contribution in [0.3, 0.4) is 0 Å². The molecule has 0 spiro atoms. The first-order valence-corrected chi connectivity index (χ1v) is 8.52. The number of unbranched alkanes of at least 4 members (excludes halogenated alkanes) is 3. The average Bonchev–Trinajstić information content (AvgIpc) is 3.06. The number of aromatic nitrogens is 3. The van der Waals surface area contributed by atoms with Gasteiger partial charge in [0, 0.05) is 27.4 Å². The van der Waals surface area contributed by atoms with Gasteiger partial charge in [0.1, 0.15) is 13.2 Å². The lowest BCUT2D eigenvalue weighted by Gasteiger charge is -2.08. The van der Waals surface area contributed by atoms with Crippen LogP contribution >= 0.6 is 0 Å². The van der Waals surface area contributed by atoms with Crippen LogP contribution in [0.4, 0.5) is 0 Å². The van der Waals surface area contributed by atoms with Gasteiger partial charge in [-0.15, -0.1) is 5.10 Å². The molecular weight excluding hydrogens is 346 g/mol. The first kappa shape index (κ1) is 22.0. The first-order chi connectivity index (χ1) is 12.7. The van der Waals surface area contributed by atoms with Crippen LogP contribution in [0, 0.1) is 0 Å². The van der Waals surface area contributed by atoms with Crippen molar-refractivity contribution in [1.82, 2.24) is 15.0 Å². The summed E-state index contributed by atoms with van der Waals surface area (Å²) >= 11 is 0. The molecule has 1 heterocycles. The minimum atomic E-state index is -0.757. The molecule has 0 aromatic carbocycles. The number of ether oxygens (including phenoxy) is 4. The molecule has 0 saturated heterocycles. The molecule has 0 fully saturated rings. The van der Waals surface area contributed by atoms with Crippen LogP contribution in [-0.2, 0) is 25.5 Å². The van der Waals surface area contributed by atoms with Crippen molar-refractivity contribution in [3.05, 3.63) is 11.4 Å². The molecule has 1 rings (SSSR count). The summed E-state index contributed by atoms with van der Waals surface area (Å²) in [5, 5.41) is 16.5. The quantitative estimate of drug-likeness (QED) is 0.365. The standard InChI is InChI=1S/C16H27N3O7/c1-23-9-11-25-15(21)13-14(16(22)26-12-10-24-2)19(18-17-13)7-5-3-4-6-8-20/h20H,3-12H2,1-2H3. The van der Waals surface area contributed by atoms with Crippen molar-refractivity contribution in [2.45, 2.75) is 32.2 Å². The van der Waals surface area contributed by atoms with Crippen molar-refractivity contribution in [3.63, 3.8) is 0 Å². The highest BCUT2D eigenvalue weighted by Gasteiger charge is 2.27. The Hall–Kier alpha value is -2.04. The Morgan fingerprint density at radius 3 is 2.15 bits per heavy atom. The monoisotopic (exact) mass is 373 g/mol. The molecule has 0 aliphatic heterocycles. The fraction of sp³-hybridized carbons (Fsp3) is 0.750. The van der Waals surface area contributed by atoms with Crippen molar-refractivity contribution in [3.8, 4) is 0 Å². The second-order valence-corrected chi connectivity index (χ2v) is 5.41. The number of aryl methyl sites for hydroxylation is 1. The molecule has 1 aromatic rings. The number of esters is 2. The molecule has 0 saturated carbocycles. The molecule has 1 N–H and O–H groups in total. The summed E-state index contributed by atoms with van der Waals surface area (Å²) in [5.41, 5.74) is -0.218. The average molecular weight is 373 g/mol. The molecule has 0 bridgehead atoms. The Morgan fingerprint density at radius 1 is 0.923 bits per heavy atom.